The zero-order valence-corrected chi connectivity index (χ0v) is 25.0. The number of carbonyl (C=O) groups excluding carboxylic acids is 2. The largest absolute Gasteiger partial charge is 0.354 e. The van der Waals surface area contributed by atoms with Crippen LogP contribution in [0.2, 0.25) is 0 Å². The average Bonchev–Trinajstić information content (AvgIpc) is 2.95. The van der Waals surface area contributed by atoms with E-state index < -0.39 is 28.5 Å². The minimum Gasteiger partial charge on any atom is -0.354 e. The van der Waals surface area contributed by atoms with Crippen LogP contribution in [0.5, 0.6) is 0 Å². The van der Waals surface area contributed by atoms with Gasteiger partial charge in [0, 0.05) is 13.1 Å². The summed E-state index contributed by atoms with van der Waals surface area (Å²) in [5.41, 5.74) is 4.09. The van der Waals surface area contributed by atoms with Crippen LogP contribution >= 0.6 is 0 Å². The highest BCUT2D eigenvalue weighted by Gasteiger charge is 2.34. The monoisotopic (exact) mass is 563 g/mol. The van der Waals surface area contributed by atoms with Crippen molar-refractivity contribution in [1.29, 1.82) is 0 Å². The number of para-hydroxylation sites is 1. The summed E-state index contributed by atoms with van der Waals surface area (Å²) in [4.78, 5) is 29.1. The summed E-state index contributed by atoms with van der Waals surface area (Å²) in [7, 11) is -4.09. The molecule has 0 radical (unpaired) electrons. The number of hydrogen-bond donors (Lipinski definition) is 1. The summed E-state index contributed by atoms with van der Waals surface area (Å²) >= 11 is 0. The maximum atomic E-state index is 14.2. The molecule has 0 fully saturated rings. The number of benzene rings is 3. The molecule has 1 atom stereocenters. The van der Waals surface area contributed by atoms with Crippen molar-refractivity contribution in [1.82, 2.24) is 10.2 Å². The van der Waals surface area contributed by atoms with Gasteiger partial charge in [-0.25, -0.2) is 8.42 Å². The highest BCUT2D eigenvalue weighted by Crippen LogP contribution is 2.28. The molecule has 0 aromatic heterocycles. The molecule has 3 aromatic carbocycles. The van der Waals surface area contributed by atoms with Crippen molar-refractivity contribution >= 4 is 27.5 Å². The van der Waals surface area contributed by atoms with Crippen molar-refractivity contribution in [3.05, 3.63) is 95.1 Å². The molecule has 3 rings (SSSR count). The highest BCUT2D eigenvalue weighted by molar-refractivity contribution is 7.92. The third kappa shape index (κ3) is 7.30. The number of aryl methyl sites for hydroxylation is 3. The highest BCUT2D eigenvalue weighted by atomic mass is 32.2. The number of anilines is 1. The zero-order chi connectivity index (χ0) is 29.3. The minimum atomic E-state index is -4.09. The van der Waals surface area contributed by atoms with Crippen molar-refractivity contribution in [3.63, 3.8) is 0 Å². The van der Waals surface area contributed by atoms with E-state index in [9.17, 15) is 18.0 Å². The van der Waals surface area contributed by atoms with Gasteiger partial charge in [-0.15, -0.1) is 0 Å². The molecule has 1 unspecified atom stereocenters. The predicted octanol–water partition coefficient (Wildman–Crippen LogP) is 5.39. The van der Waals surface area contributed by atoms with Gasteiger partial charge >= 0.3 is 0 Å². The molecule has 0 aliphatic rings. The molecule has 0 aliphatic carbocycles. The molecule has 8 heteroatoms. The van der Waals surface area contributed by atoms with E-state index in [4.69, 9.17) is 0 Å². The summed E-state index contributed by atoms with van der Waals surface area (Å²) in [6.45, 7) is 9.89. The number of carbonyl (C=O) groups is 2. The standard InChI is InChI=1S/C32H41N3O4S/c1-6-21-33-32(37)29(8-3)34(22-27-15-10-9-13-25(27)5)31(36)23-35(30-16-12-11-14-26(30)7-2)40(38,39)28-19-17-24(4)18-20-28/h9-20,29H,6-8,21-23H2,1-5H3,(H,33,37). The molecule has 1 N–H and O–H groups in total. The van der Waals surface area contributed by atoms with Crippen molar-refractivity contribution in [2.24, 2.45) is 0 Å². The van der Waals surface area contributed by atoms with Crippen molar-refractivity contribution in [2.45, 2.75) is 71.4 Å². The van der Waals surface area contributed by atoms with E-state index in [0.717, 1.165) is 28.7 Å². The second-order valence-corrected chi connectivity index (χ2v) is 11.8. The Morgan fingerprint density at radius 1 is 0.850 bits per heavy atom. The summed E-state index contributed by atoms with van der Waals surface area (Å²) in [5.74, 6) is -0.684. The number of amides is 2. The van der Waals surface area contributed by atoms with Gasteiger partial charge in [-0.05, 0) is 68.0 Å². The first kappa shape index (κ1) is 30.9. The first-order valence-corrected chi connectivity index (χ1v) is 15.4. The van der Waals surface area contributed by atoms with Crippen molar-refractivity contribution < 1.29 is 18.0 Å². The lowest BCUT2D eigenvalue weighted by Gasteiger charge is -2.34. The number of rotatable bonds is 13. The minimum absolute atomic E-state index is 0.106. The van der Waals surface area contributed by atoms with Crippen LogP contribution in [-0.4, -0.2) is 44.3 Å². The second-order valence-electron chi connectivity index (χ2n) is 9.97. The SMILES string of the molecule is CCCNC(=O)C(CC)N(Cc1ccccc1C)C(=O)CN(c1ccccc1CC)S(=O)(=O)c1ccc(C)cc1. The van der Waals surface area contributed by atoms with Crippen LogP contribution in [0, 0.1) is 13.8 Å². The van der Waals surface area contributed by atoms with Gasteiger partial charge in [0.2, 0.25) is 11.8 Å². The topological polar surface area (TPSA) is 86.8 Å². The molecule has 0 aliphatic heterocycles. The number of hydrogen-bond acceptors (Lipinski definition) is 4. The van der Waals surface area contributed by atoms with Crippen LogP contribution in [0.4, 0.5) is 5.69 Å². The van der Waals surface area contributed by atoms with E-state index >= 15 is 0 Å². The summed E-state index contributed by atoms with van der Waals surface area (Å²) in [6.07, 6.45) is 1.75. The lowest BCUT2D eigenvalue weighted by atomic mass is 10.1. The van der Waals surface area contributed by atoms with Crippen LogP contribution in [0.15, 0.2) is 77.7 Å². The van der Waals surface area contributed by atoms with Gasteiger partial charge in [0.05, 0.1) is 10.6 Å². The third-order valence-electron chi connectivity index (χ3n) is 7.07. The van der Waals surface area contributed by atoms with E-state index in [0.29, 0.717) is 25.1 Å². The van der Waals surface area contributed by atoms with Crippen molar-refractivity contribution in [3.8, 4) is 0 Å². The quantitative estimate of drug-likeness (QED) is 0.302. The lowest BCUT2D eigenvalue weighted by Crippen LogP contribution is -2.52. The average molecular weight is 564 g/mol. The Morgan fingerprint density at radius 2 is 1.48 bits per heavy atom. The van der Waals surface area contributed by atoms with Crippen molar-refractivity contribution in [2.75, 3.05) is 17.4 Å². The Balaban J connectivity index is 2.10. The normalized spacial score (nSPS) is 12.0. The van der Waals surface area contributed by atoms with E-state index in [1.54, 1.807) is 36.4 Å². The molecule has 0 saturated carbocycles. The van der Waals surface area contributed by atoms with Crippen LogP contribution in [0.3, 0.4) is 0 Å². The Kier molecular flexibility index (Phi) is 10.9. The van der Waals surface area contributed by atoms with E-state index in [2.05, 4.69) is 5.32 Å². The van der Waals surface area contributed by atoms with Gasteiger partial charge in [0.15, 0.2) is 0 Å². The van der Waals surface area contributed by atoms with Gasteiger partial charge in [-0.1, -0.05) is 80.9 Å². The fourth-order valence-electron chi connectivity index (χ4n) is 4.66. The molecule has 3 aromatic rings. The lowest BCUT2D eigenvalue weighted by molar-refractivity contribution is -0.140. The Hall–Kier alpha value is -3.65. The predicted molar refractivity (Wildman–Crippen MR) is 161 cm³/mol. The first-order chi connectivity index (χ1) is 19.1. The molecule has 214 valence electrons. The zero-order valence-electron chi connectivity index (χ0n) is 24.2. The van der Waals surface area contributed by atoms with Gasteiger partial charge in [0.1, 0.15) is 12.6 Å². The maximum Gasteiger partial charge on any atom is 0.264 e. The molecule has 2 amide bonds. The molecule has 0 heterocycles. The van der Waals surface area contributed by atoms with E-state index in [1.165, 1.54) is 9.21 Å². The smallest absolute Gasteiger partial charge is 0.264 e. The van der Waals surface area contributed by atoms with E-state index in [1.807, 2.05) is 71.0 Å². The third-order valence-corrected chi connectivity index (χ3v) is 8.84. The van der Waals surface area contributed by atoms with Crippen LogP contribution in [0.1, 0.15) is 55.9 Å². The maximum absolute atomic E-state index is 14.2. The fourth-order valence-corrected chi connectivity index (χ4v) is 6.11. The van der Waals surface area contributed by atoms with Crippen LogP contribution in [-0.2, 0) is 32.6 Å². The number of sulfonamides is 1. The fraction of sp³-hybridized carbons (Fsp3) is 0.375. The summed E-state index contributed by atoms with van der Waals surface area (Å²) in [5, 5.41) is 2.92. The number of nitrogens with one attached hydrogen (secondary N) is 1. The molecule has 40 heavy (non-hydrogen) atoms. The molecule has 0 spiro atoms. The van der Waals surface area contributed by atoms with Crippen LogP contribution < -0.4 is 9.62 Å². The molecular formula is C32H41N3O4S. The summed E-state index contributed by atoms with van der Waals surface area (Å²) in [6, 6.07) is 20.8. The Labute approximate surface area is 239 Å². The molecule has 7 nitrogen and oxygen atoms in total. The first-order valence-electron chi connectivity index (χ1n) is 13.9. The van der Waals surface area contributed by atoms with Gasteiger partial charge < -0.3 is 10.2 Å². The molecule has 0 saturated heterocycles. The number of nitrogens with zero attached hydrogens (tertiary/aromatic N) is 2. The van der Waals surface area contributed by atoms with Gasteiger partial charge in [-0.2, -0.15) is 0 Å². The molecule has 0 bridgehead atoms. The Morgan fingerprint density at radius 3 is 2.08 bits per heavy atom. The second kappa shape index (κ2) is 14.1. The summed E-state index contributed by atoms with van der Waals surface area (Å²) < 4.78 is 29.3. The van der Waals surface area contributed by atoms with Crippen LogP contribution in [0.25, 0.3) is 0 Å². The van der Waals surface area contributed by atoms with Gasteiger partial charge in [0.25, 0.3) is 10.0 Å². The molecular weight excluding hydrogens is 522 g/mol. The van der Waals surface area contributed by atoms with E-state index in [-0.39, 0.29) is 17.3 Å². The Bertz CT molecular complexity index is 1400. The van der Waals surface area contributed by atoms with Gasteiger partial charge in [-0.3, -0.25) is 13.9 Å².